The maximum absolute atomic E-state index is 12.2. The van der Waals surface area contributed by atoms with Crippen molar-refractivity contribution < 1.29 is 9.59 Å². The number of fused-ring (bicyclic) bond motifs is 1. The third-order valence-electron chi connectivity index (χ3n) is 3.81. The van der Waals surface area contributed by atoms with Gasteiger partial charge in [0.25, 0.3) is 0 Å². The van der Waals surface area contributed by atoms with Gasteiger partial charge in [0.2, 0.25) is 11.8 Å². The Morgan fingerprint density at radius 1 is 1.15 bits per heavy atom. The average Bonchev–Trinajstić information content (AvgIpc) is 3.13. The number of anilines is 2. The zero-order chi connectivity index (χ0) is 18.7. The van der Waals surface area contributed by atoms with E-state index in [-0.39, 0.29) is 23.8 Å². The highest BCUT2D eigenvalue weighted by molar-refractivity contribution is 7.16. The van der Waals surface area contributed by atoms with Crippen molar-refractivity contribution in [3.8, 4) is 0 Å². The summed E-state index contributed by atoms with van der Waals surface area (Å²) in [5.74, 6) is -0.378. The standard InChI is InChI=1S/C17H19N5O2S2/c1-10(23)19-15-20-11(9-25-15)8-14(24)22-16-21-12-4-6-17(2,18-3)7-5-13(12)26-16/h4-7,9,18H,8H2,1-3H3,(H,19,20,23)(H,21,22,24). The van der Waals surface area contributed by atoms with Crippen LogP contribution in [-0.2, 0) is 16.0 Å². The minimum Gasteiger partial charge on any atom is -0.308 e. The summed E-state index contributed by atoms with van der Waals surface area (Å²) in [5, 5.41) is 11.5. The van der Waals surface area contributed by atoms with Crippen LogP contribution in [0.15, 0.2) is 17.5 Å². The smallest absolute Gasteiger partial charge is 0.232 e. The quantitative estimate of drug-likeness (QED) is 0.731. The molecule has 2 aromatic heterocycles. The molecule has 0 aliphatic heterocycles. The van der Waals surface area contributed by atoms with Crippen molar-refractivity contribution in [1.29, 1.82) is 0 Å². The van der Waals surface area contributed by atoms with Crippen LogP contribution in [-0.4, -0.2) is 34.4 Å². The molecule has 26 heavy (non-hydrogen) atoms. The molecule has 1 aliphatic carbocycles. The molecular formula is C17H19N5O2S2. The average molecular weight is 390 g/mol. The van der Waals surface area contributed by atoms with Crippen LogP contribution < -0.4 is 16.0 Å². The lowest BCUT2D eigenvalue weighted by molar-refractivity contribution is -0.116. The molecule has 2 heterocycles. The van der Waals surface area contributed by atoms with Crippen molar-refractivity contribution in [2.24, 2.45) is 0 Å². The number of hydrogen-bond donors (Lipinski definition) is 3. The van der Waals surface area contributed by atoms with E-state index in [9.17, 15) is 9.59 Å². The van der Waals surface area contributed by atoms with Gasteiger partial charge in [-0.15, -0.1) is 11.3 Å². The van der Waals surface area contributed by atoms with Gasteiger partial charge in [-0.05, 0) is 26.1 Å². The first kappa shape index (κ1) is 18.4. The fourth-order valence-corrected chi connectivity index (χ4v) is 3.91. The molecular weight excluding hydrogens is 370 g/mol. The summed E-state index contributed by atoms with van der Waals surface area (Å²) in [5.41, 5.74) is 1.24. The van der Waals surface area contributed by atoms with E-state index in [4.69, 9.17) is 0 Å². The van der Waals surface area contributed by atoms with Crippen LogP contribution in [0.2, 0.25) is 0 Å². The molecule has 136 valence electrons. The second kappa shape index (κ2) is 7.48. The molecule has 7 nitrogen and oxygen atoms in total. The monoisotopic (exact) mass is 389 g/mol. The van der Waals surface area contributed by atoms with E-state index in [2.05, 4.69) is 38.9 Å². The van der Waals surface area contributed by atoms with Gasteiger partial charge in [-0.1, -0.05) is 23.5 Å². The van der Waals surface area contributed by atoms with Gasteiger partial charge in [0, 0.05) is 12.3 Å². The third-order valence-corrected chi connectivity index (χ3v) is 5.57. The number of amides is 2. The lowest BCUT2D eigenvalue weighted by atomic mass is 10.0. The number of rotatable bonds is 5. The fraction of sp³-hybridized carbons (Fsp3) is 0.294. The molecule has 0 radical (unpaired) electrons. The van der Waals surface area contributed by atoms with Crippen LogP contribution in [0, 0.1) is 0 Å². The summed E-state index contributed by atoms with van der Waals surface area (Å²) in [6, 6.07) is 0. The Kier molecular flexibility index (Phi) is 5.30. The van der Waals surface area contributed by atoms with Gasteiger partial charge in [-0.2, -0.15) is 0 Å². The summed E-state index contributed by atoms with van der Waals surface area (Å²) in [6.45, 7) is 3.49. The van der Waals surface area contributed by atoms with Crippen LogP contribution >= 0.6 is 22.7 Å². The fourth-order valence-electron chi connectivity index (χ4n) is 2.28. The van der Waals surface area contributed by atoms with Gasteiger partial charge in [0.1, 0.15) is 0 Å². The first-order chi connectivity index (χ1) is 12.4. The molecule has 0 saturated carbocycles. The van der Waals surface area contributed by atoms with Crippen molar-refractivity contribution in [3.63, 3.8) is 0 Å². The first-order valence-corrected chi connectivity index (χ1v) is 9.66. The lowest BCUT2D eigenvalue weighted by Gasteiger charge is -2.19. The van der Waals surface area contributed by atoms with E-state index in [0.717, 1.165) is 10.6 Å². The molecule has 0 bridgehead atoms. The van der Waals surface area contributed by atoms with Crippen LogP contribution in [0.4, 0.5) is 10.3 Å². The van der Waals surface area contributed by atoms with E-state index in [1.54, 1.807) is 5.38 Å². The third kappa shape index (κ3) is 4.43. The van der Waals surface area contributed by atoms with E-state index >= 15 is 0 Å². The second-order valence-electron chi connectivity index (χ2n) is 6.02. The molecule has 3 rings (SSSR count). The predicted octanol–water partition coefficient (Wildman–Crippen LogP) is 2.76. The van der Waals surface area contributed by atoms with Gasteiger partial charge >= 0.3 is 0 Å². The summed E-state index contributed by atoms with van der Waals surface area (Å²) >= 11 is 2.72. The largest absolute Gasteiger partial charge is 0.308 e. The molecule has 0 aromatic carbocycles. The Balaban J connectivity index is 1.64. The molecule has 9 heteroatoms. The van der Waals surface area contributed by atoms with Gasteiger partial charge in [-0.25, -0.2) is 9.97 Å². The summed E-state index contributed by atoms with van der Waals surface area (Å²) in [6.07, 6.45) is 8.21. The minimum absolute atomic E-state index is 0.129. The normalized spacial score (nSPS) is 18.3. The number of carbonyl (C=O) groups is 2. The molecule has 0 saturated heterocycles. The van der Waals surface area contributed by atoms with E-state index in [1.807, 2.05) is 25.3 Å². The number of likely N-dealkylation sites (N-methyl/N-ethyl adjacent to an activating group) is 1. The Bertz CT molecular complexity index is 865. The molecule has 0 spiro atoms. The number of nitrogens with zero attached hydrogens (tertiary/aromatic N) is 2. The van der Waals surface area contributed by atoms with Crippen LogP contribution in [0.25, 0.3) is 12.2 Å². The number of carbonyl (C=O) groups excluding carboxylic acids is 2. The molecule has 1 atom stereocenters. The number of thiazole rings is 2. The molecule has 1 aliphatic rings. The Labute approximate surface area is 159 Å². The zero-order valence-corrected chi connectivity index (χ0v) is 16.3. The molecule has 2 amide bonds. The van der Waals surface area contributed by atoms with Crippen molar-refractivity contribution >= 4 is 56.9 Å². The van der Waals surface area contributed by atoms with E-state index < -0.39 is 0 Å². The van der Waals surface area contributed by atoms with Crippen LogP contribution in [0.3, 0.4) is 0 Å². The van der Waals surface area contributed by atoms with E-state index in [0.29, 0.717) is 16.0 Å². The van der Waals surface area contributed by atoms with Gasteiger partial charge < -0.3 is 16.0 Å². The topological polar surface area (TPSA) is 96.0 Å². The Hall–Kier alpha value is -2.36. The van der Waals surface area contributed by atoms with E-state index in [1.165, 1.54) is 29.6 Å². The highest BCUT2D eigenvalue weighted by Crippen LogP contribution is 2.29. The van der Waals surface area contributed by atoms with Crippen molar-refractivity contribution in [1.82, 2.24) is 15.3 Å². The molecule has 2 aromatic rings. The molecule has 3 N–H and O–H groups in total. The van der Waals surface area contributed by atoms with Crippen LogP contribution in [0.5, 0.6) is 0 Å². The number of aromatic nitrogens is 2. The highest BCUT2D eigenvalue weighted by Gasteiger charge is 2.19. The van der Waals surface area contributed by atoms with Crippen molar-refractivity contribution in [2.75, 3.05) is 17.7 Å². The Morgan fingerprint density at radius 2 is 1.92 bits per heavy atom. The van der Waals surface area contributed by atoms with Crippen molar-refractivity contribution in [2.45, 2.75) is 25.8 Å². The van der Waals surface area contributed by atoms with Gasteiger partial charge in [0.05, 0.1) is 28.2 Å². The second-order valence-corrected chi connectivity index (χ2v) is 7.91. The lowest BCUT2D eigenvalue weighted by Crippen LogP contribution is -2.34. The van der Waals surface area contributed by atoms with Crippen molar-refractivity contribution in [3.05, 3.63) is 33.8 Å². The first-order valence-electron chi connectivity index (χ1n) is 7.97. The maximum Gasteiger partial charge on any atom is 0.232 e. The molecule has 1 unspecified atom stereocenters. The zero-order valence-electron chi connectivity index (χ0n) is 14.6. The highest BCUT2D eigenvalue weighted by atomic mass is 32.1. The number of hydrogen-bond acceptors (Lipinski definition) is 7. The summed E-state index contributed by atoms with van der Waals surface area (Å²) in [4.78, 5) is 32.9. The summed E-state index contributed by atoms with van der Waals surface area (Å²) < 4.78 is 0. The van der Waals surface area contributed by atoms with Gasteiger partial charge in [-0.3, -0.25) is 9.59 Å². The maximum atomic E-state index is 12.2. The number of nitrogens with one attached hydrogen (secondary N) is 3. The molecule has 0 fully saturated rings. The Morgan fingerprint density at radius 3 is 2.65 bits per heavy atom. The minimum atomic E-state index is -0.208. The summed E-state index contributed by atoms with van der Waals surface area (Å²) in [7, 11) is 1.91. The predicted molar refractivity (Wildman–Crippen MR) is 106 cm³/mol. The SMILES string of the molecule is CNC1(C)C=Cc2nc(NC(=O)Cc3csc(NC(C)=O)n3)sc2C=C1. The van der Waals surface area contributed by atoms with Crippen LogP contribution in [0.1, 0.15) is 30.1 Å². The van der Waals surface area contributed by atoms with Gasteiger partial charge in [0.15, 0.2) is 10.3 Å².